The maximum atomic E-state index is 13.1. The van der Waals surface area contributed by atoms with Crippen LogP contribution in [0.25, 0.3) is 0 Å². The molecule has 1 aromatic rings. The number of hydrogen-bond donors (Lipinski definition) is 3. The van der Waals surface area contributed by atoms with Crippen LogP contribution in [0.15, 0.2) is 36.2 Å². The molecule has 8 heteroatoms. The SMILES string of the molecule is CO[C@H]1C[C@@H](NC(=O)C23CCC(c4ccc(OC/C(=C/F)CNC(=O)O)cc4)(CC2)CC3)C1. The zero-order valence-electron chi connectivity index (χ0n) is 19.1. The minimum Gasteiger partial charge on any atom is -0.489 e. The van der Waals surface area contributed by atoms with E-state index in [4.69, 9.17) is 14.6 Å². The van der Waals surface area contributed by atoms with Crippen LogP contribution >= 0.6 is 0 Å². The van der Waals surface area contributed by atoms with Crippen molar-refractivity contribution in [3.63, 3.8) is 0 Å². The molecular weight excluding hydrogens is 427 g/mol. The smallest absolute Gasteiger partial charge is 0.404 e. The fourth-order valence-electron chi connectivity index (χ4n) is 5.56. The van der Waals surface area contributed by atoms with E-state index in [1.165, 1.54) is 5.56 Å². The number of carboxylic acid groups (broad SMARTS) is 1. The molecule has 1 aromatic carbocycles. The number of methoxy groups -OCH3 is 1. The Morgan fingerprint density at radius 1 is 1.12 bits per heavy atom. The molecule has 0 spiro atoms. The van der Waals surface area contributed by atoms with Crippen LogP contribution in [0.3, 0.4) is 0 Å². The maximum absolute atomic E-state index is 13.1. The summed E-state index contributed by atoms with van der Waals surface area (Å²) in [4.78, 5) is 23.6. The van der Waals surface area contributed by atoms with Gasteiger partial charge in [-0.2, -0.15) is 0 Å². The molecule has 7 nitrogen and oxygen atoms in total. The molecule has 4 fully saturated rings. The van der Waals surface area contributed by atoms with Gasteiger partial charge < -0.3 is 25.2 Å². The molecule has 0 radical (unpaired) electrons. The number of rotatable bonds is 9. The highest BCUT2D eigenvalue weighted by atomic mass is 19.1. The molecule has 0 aliphatic heterocycles. The van der Waals surface area contributed by atoms with E-state index in [1.54, 1.807) is 7.11 Å². The van der Waals surface area contributed by atoms with Gasteiger partial charge in [0.2, 0.25) is 5.91 Å². The van der Waals surface area contributed by atoms with Crippen LogP contribution in [0.2, 0.25) is 0 Å². The van der Waals surface area contributed by atoms with Crippen molar-refractivity contribution in [3.8, 4) is 5.75 Å². The number of ether oxygens (including phenoxy) is 2. The molecule has 0 aromatic heterocycles. The van der Waals surface area contributed by atoms with Crippen LogP contribution in [0.1, 0.15) is 56.9 Å². The molecule has 0 atom stereocenters. The largest absolute Gasteiger partial charge is 0.489 e. The molecule has 33 heavy (non-hydrogen) atoms. The van der Waals surface area contributed by atoms with Crippen molar-refractivity contribution in [2.75, 3.05) is 20.3 Å². The molecule has 180 valence electrons. The zero-order valence-corrected chi connectivity index (χ0v) is 19.1. The Morgan fingerprint density at radius 2 is 1.76 bits per heavy atom. The third kappa shape index (κ3) is 5.00. The third-order valence-electron chi connectivity index (χ3n) is 8.00. The lowest BCUT2D eigenvalue weighted by molar-refractivity contribution is -0.140. The fourth-order valence-corrected chi connectivity index (χ4v) is 5.56. The number of fused-ring (bicyclic) bond motifs is 3. The van der Waals surface area contributed by atoms with Gasteiger partial charge in [-0.25, -0.2) is 9.18 Å². The first-order valence-corrected chi connectivity index (χ1v) is 11.7. The molecule has 4 aliphatic rings. The number of hydrogen-bond acceptors (Lipinski definition) is 4. The lowest BCUT2D eigenvalue weighted by Crippen LogP contribution is -2.56. The van der Waals surface area contributed by atoms with E-state index >= 15 is 0 Å². The van der Waals surface area contributed by atoms with E-state index in [2.05, 4.69) is 22.8 Å². The Hall–Kier alpha value is -2.61. The Bertz CT molecular complexity index is 870. The fraction of sp³-hybridized carbons (Fsp3) is 0.600. The van der Waals surface area contributed by atoms with Crippen molar-refractivity contribution in [1.29, 1.82) is 0 Å². The first-order chi connectivity index (χ1) is 15.9. The molecule has 5 rings (SSSR count). The van der Waals surface area contributed by atoms with Crippen molar-refractivity contribution in [3.05, 3.63) is 41.7 Å². The van der Waals surface area contributed by atoms with E-state index in [0.717, 1.165) is 51.4 Å². The second kappa shape index (κ2) is 9.71. The number of carbonyl (C=O) groups is 2. The lowest BCUT2D eigenvalue weighted by atomic mass is 9.51. The molecule has 0 unspecified atom stereocenters. The van der Waals surface area contributed by atoms with Crippen molar-refractivity contribution in [2.45, 2.75) is 68.9 Å². The molecule has 2 bridgehead atoms. The van der Waals surface area contributed by atoms with E-state index < -0.39 is 6.09 Å². The van der Waals surface area contributed by atoms with Crippen LogP contribution in [0.5, 0.6) is 5.75 Å². The van der Waals surface area contributed by atoms with Crippen molar-refractivity contribution in [2.24, 2.45) is 5.41 Å². The van der Waals surface area contributed by atoms with Crippen LogP contribution < -0.4 is 15.4 Å². The summed E-state index contributed by atoms with van der Waals surface area (Å²) in [6.45, 7) is -0.138. The maximum Gasteiger partial charge on any atom is 0.404 e. The predicted octanol–water partition coefficient (Wildman–Crippen LogP) is 4.07. The Morgan fingerprint density at radius 3 is 2.30 bits per heavy atom. The Balaban J connectivity index is 1.30. The second-order valence-electron chi connectivity index (χ2n) is 9.80. The third-order valence-corrected chi connectivity index (χ3v) is 8.00. The van der Waals surface area contributed by atoms with Gasteiger partial charge in [0.25, 0.3) is 0 Å². The average Bonchev–Trinajstić information content (AvgIpc) is 2.82. The summed E-state index contributed by atoms with van der Waals surface area (Å²) in [6, 6.07) is 8.17. The molecule has 0 saturated heterocycles. The summed E-state index contributed by atoms with van der Waals surface area (Å²) in [7, 11) is 1.72. The van der Waals surface area contributed by atoms with E-state index in [9.17, 15) is 14.0 Å². The van der Waals surface area contributed by atoms with Crippen LogP contribution in [0, 0.1) is 5.41 Å². The topological polar surface area (TPSA) is 96.9 Å². The number of nitrogens with one attached hydrogen (secondary N) is 2. The first kappa shape index (κ1) is 23.5. The standard InChI is InChI=1S/C25H33FN2O5/c1-32-21-12-19(13-21)28-22(29)25-9-6-24(7-10-25,8-11-25)18-2-4-20(5-3-18)33-16-17(14-26)15-27-23(30)31/h2-5,14,19,21,27H,6-13,15-16H2,1H3,(H,28,29)(H,30,31)/b17-14+/t19-,21+,24?,25?. The monoisotopic (exact) mass is 460 g/mol. The van der Waals surface area contributed by atoms with Gasteiger partial charge in [-0.1, -0.05) is 12.1 Å². The molecule has 4 saturated carbocycles. The zero-order chi connectivity index (χ0) is 23.5. The molecule has 2 amide bonds. The van der Waals surface area contributed by atoms with Gasteiger partial charge in [-0.3, -0.25) is 4.79 Å². The summed E-state index contributed by atoms with van der Waals surface area (Å²) >= 11 is 0. The highest BCUT2D eigenvalue weighted by molar-refractivity contribution is 5.83. The highest BCUT2D eigenvalue weighted by Crippen LogP contribution is 2.58. The van der Waals surface area contributed by atoms with Crippen molar-refractivity contribution < 1.29 is 28.6 Å². The minimum atomic E-state index is -1.21. The summed E-state index contributed by atoms with van der Waals surface area (Å²) in [6.07, 6.45) is 7.02. The lowest BCUT2D eigenvalue weighted by Gasteiger charge is -2.53. The van der Waals surface area contributed by atoms with Crippen LogP contribution in [0.4, 0.5) is 9.18 Å². The van der Waals surface area contributed by atoms with Gasteiger partial charge in [0, 0.05) is 30.7 Å². The summed E-state index contributed by atoms with van der Waals surface area (Å²) in [5.74, 6) is 0.841. The normalized spacial score (nSPS) is 30.9. The van der Waals surface area contributed by atoms with Crippen molar-refractivity contribution >= 4 is 12.0 Å². The second-order valence-corrected chi connectivity index (χ2v) is 9.80. The first-order valence-electron chi connectivity index (χ1n) is 11.7. The Labute approximate surface area is 193 Å². The minimum absolute atomic E-state index is 0.0228. The Kier molecular flexibility index (Phi) is 6.93. The van der Waals surface area contributed by atoms with Gasteiger partial charge >= 0.3 is 6.09 Å². The molecular formula is C25H33FN2O5. The summed E-state index contributed by atoms with van der Waals surface area (Å²) in [5.41, 5.74) is 1.36. The van der Waals surface area contributed by atoms with Crippen LogP contribution in [-0.4, -0.2) is 49.5 Å². The summed E-state index contributed by atoms with van der Waals surface area (Å²) in [5, 5.41) is 14.0. The van der Waals surface area contributed by atoms with Gasteiger partial charge in [-0.05, 0) is 74.5 Å². The molecule has 3 N–H and O–H groups in total. The highest BCUT2D eigenvalue weighted by Gasteiger charge is 2.53. The molecule has 4 aliphatic carbocycles. The quantitative estimate of drug-likeness (QED) is 0.516. The van der Waals surface area contributed by atoms with E-state index in [1.807, 2.05) is 12.1 Å². The number of benzene rings is 1. The molecule has 0 heterocycles. The van der Waals surface area contributed by atoms with E-state index in [0.29, 0.717) is 12.1 Å². The van der Waals surface area contributed by atoms with E-state index in [-0.39, 0.29) is 47.6 Å². The number of amides is 2. The van der Waals surface area contributed by atoms with Gasteiger partial charge in [0.1, 0.15) is 12.4 Å². The van der Waals surface area contributed by atoms with Gasteiger partial charge in [0.15, 0.2) is 0 Å². The number of halogens is 1. The summed E-state index contributed by atoms with van der Waals surface area (Å²) < 4.78 is 23.9. The van der Waals surface area contributed by atoms with Gasteiger partial charge in [0.05, 0.1) is 12.4 Å². The van der Waals surface area contributed by atoms with Crippen molar-refractivity contribution in [1.82, 2.24) is 10.6 Å². The van der Waals surface area contributed by atoms with Gasteiger partial charge in [-0.15, -0.1) is 0 Å². The predicted molar refractivity (Wildman–Crippen MR) is 121 cm³/mol. The van der Waals surface area contributed by atoms with Crippen LogP contribution in [-0.2, 0) is 14.9 Å². The average molecular weight is 461 g/mol. The number of carbonyl (C=O) groups excluding carboxylic acids is 1.